The number of nitrogens with one attached hydrogen (secondary N) is 1. The molecule has 74 valence electrons. The second-order valence-corrected chi connectivity index (χ2v) is 2.48. The fourth-order valence-electron chi connectivity index (χ4n) is 1.08. The Hall–Kier alpha value is -0.0300. The van der Waals surface area contributed by atoms with E-state index in [-0.39, 0.29) is 42.9 Å². The molecular formula is C6H14Cl2N2O2. The van der Waals surface area contributed by atoms with Crippen LogP contribution in [0.2, 0.25) is 0 Å². The van der Waals surface area contributed by atoms with E-state index in [0.717, 1.165) is 0 Å². The van der Waals surface area contributed by atoms with Crippen molar-refractivity contribution in [2.75, 3.05) is 13.7 Å². The topological polar surface area (TPSA) is 64.3 Å². The molecule has 0 bridgehead atoms. The zero-order chi connectivity index (χ0) is 7.56. The third kappa shape index (κ3) is 3.58. The molecule has 1 aliphatic rings. The highest BCUT2D eigenvalue weighted by molar-refractivity contribution is 5.85. The lowest BCUT2D eigenvalue weighted by molar-refractivity contribution is -0.142. The molecule has 0 saturated carbocycles. The zero-order valence-corrected chi connectivity index (χ0v) is 8.41. The standard InChI is InChI=1S/C6H12N2O2.2ClH/c1-10-6(9)5-2-4(7)3-8-5;;/h4-5,8H,2-3,7H2,1H3;2*1H/t4-,5+;;/m1../s1. The van der Waals surface area contributed by atoms with E-state index in [1.807, 2.05) is 0 Å². The summed E-state index contributed by atoms with van der Waals surface area (Å²) in [6, 6.07) is -0.0795. The number of nitrogens with two attached hydrogens (primary N) is 1. The first-order valence-electron chi connectivity index (χ1n) is 3.31. The summed E-state index contributed by atoms with van der Waals surface area (Å²) in [6.45, 7) is 0.708. The number of halogens is 2. The van der Waals surface area contributed by atoms with Crippen molar-refractivity contribution in [2.45, 2.75) is 18.5 Å². The van der Waals surface area contributed by atoms with Crippen LogP contribution in [0.4, 0.5) is 0 Å². The van der Waals surface area contributed by atoms with Crippen molar-refractivity contribution in [2.24, 2.45) is 5.73 Å². The number of carbonyl (C=O) groups excluding carboxylic acids is 1. The van der Waals surface area contributed by atoms with Gasteiger partial charge in [-0.05, 0) is 6.42 Å². The van der Waals surface area contributed by atoms with Gasteiger partial charge in [-0.25, -0.2) is 0 Å². The largest absolute Gasteiger partial charge is 0.468 e. The van der Waals surface area contributed by atoms with Crippen LogP contribution in [0.1, 0.15) is 6.42 Å². The van der Waals surface area contributed by atoms with Crippen molar-refractivity contribution >= 4 is 30.8 Å². The van der Waals surface area contributed by atoms with Crippen LogP contribution in [0.25, 0.3) is 0 Å². The van der Waals surface area contributed by atoms with Gasteiger partial charge in [0.2, 0.25) is 0 Å². The van der Waals surface area contributed by atoms with Crippen molar-refractivity contribution in [3.8, 4) is 0 Å². The quantitative estimate of drug-likeness (QED) is 0.591. The SMILES string of the molecule is COC(=O)[C@@H]1C[C@@H](N)CN1.Cl.Cl. The van der Waals surface area contributed by atoms with Gasteiger partial charge in [0.15, 0.2) is 0 Å². The Bertz CT molecular complexity index is 146. The third-order valence-corrected chi connectivity index (χ3v) is 1.65. The molecule has 4 nitrogen and oxygen atoms in total. The van der Waals surface area contributed by atoms with Crippen LogP contribution in [0.3, 0.4) is 0 Å². The highest BCUT2D eigenvalue weighted by Gasteiger charge is 2.27. The lowest BCUT2D eigenvalue weighted by Gasteiger charge is -2.05. The summed E-state index contributed by atoms with van der Waals surface area (Å²) < 4.78 is 4.53. The van der Waals surface area contributed by atoms with Crippen LogP contribution >= 0.6 is 24.8 Å². The molecule has 0 aromatic rings. The van der Waals surface area contributed by atoms with E-state index < -0.39 is 0 Å². The van der Waals surface area contributed by atoms with Crippen molar-refractivity contribution in [3.05, 3.63) is 0 Å². The fourth-order valence-corrected chi connectivity index (χ4v) is 1.08. The van der Waals surface area contributed by atoms with Crippen LogP contribution in [0.5, 0.6) is 0 Å². The van der Waals surface area contributed by atoms with Gasteiger partial charge in [0.1, 0.15) is 6.04 Å². The van der Waals surface area contributed by atoms with Crippen molar-refractivity contribution in [3.63, 3.8) is 0 Å². The minimum Gasteiger partial charge on any atom is -0.468 e. The van der Waals surface area contributed by atoms with Crippen LogP contribution in [-0.2, 0) is 9.53 Å². The first kappa shape index (κ1) is 14.5. The summed E-state index contributed by atoms with van der Waals surface area (Å²) in [6.07, 6.45) is 0.687. The lowest BCUT2D eigenvalue weighted by atomic mass is 10.2. The van der Waals surface area contributed by atoms with Gasteiger partial charge in [-0.1, -0.05) is 0 Å². The van der Waals surface area contributed by atoms with E-state index >= 15 is 0 Å². The molecule has 0 aromatic heterocycles. The molecule has 0 amide bonds. The number of rotatable bonds is 1. The first-order valence-corrected chi connectivity index (χ1v) is 3.31. The summed E-state index contributed by atoms with van der Waals surface area (Å²) in [7, 11) is 1.38. The van der Waals surface area contributed by atoms with Crippen LogP contribution in [0.15, 0.2) is 0 Å². The second-order valence-electron chi connectivity index (χ2n) is 2.48. The Labute approximate surface area is 84.0 Å². The van der Waals surface area contributed by atoms with Gasteiger partial charge < -0.3 is 15.8 Å². The van der Waals surface area contributed by atoms with Gasteiger partial charge in [-0.15, -0.1) is 24.8 Å². The molecule has 0 unspecified atom stereocenters. The maximum atomic E-state index is 10.8. The van der Waals surface area contributed by atoms with Gasteiger partial charge in [0.05, 0.1) is 7.11 Å². The van der Waals surface area contributed by atoms with Crippen LogP contribution in [-0.4, -0.2) is 31.7 Å². The van der Waals surface area contributed by atoms with E-state index in [1.165, 1.54) is 7.11 Å². The maximum absolute atomic E-state index is 10.8. The Kier molecular flexibility index (Phi) is 7.83. The van der Waals surface area contributed by atoms with Crippen LogP contribution < -0.4 is 11.1 Å². The summed E-state index contributed by atoms with van der Waals surface area (Å²) in [5, 5.41) is 2.96. The number of hydrogen-bond acceptors (Lipinski definition) is 4. The monoisotopic (exact) mass is 216 g/mol. The van der Waals surface area contributed by atoms with Crippen molar-refractivity contribution in [1.82, 2.24) is 5.32 Å². The highest BCUT2D eigenvalue weighted by Crippen LogP contribution is 2.04. The van der Waals surface area contributed by atoms with E-state index in [2.05, 4.69) is 10.1 Å². The Morgan fingerprint density at radius 3 is 2.50 bits per heavy atom. The molecule has 1 heterocycles. The molecule has 1 saturated heterocycles. The molecule has 12 heavy (non-hydrogen) atoms. The smallest absolute Gasteiger partial charge is 0.322 e. The second kappa shape index (κ2) is 6.48. The van der Waals surface area contributed by atoms with E-state index in [1.54, 1.807) is 0 Å². The molecule has 1 aliphatic heterocycles. The summed E-state index contributed by atoms with van der Waals surface area (Å²) in [4.78, 5) is 10.8. The van der Waals surface area contributed by atoms with Crippen molar-refractivity contribution in [1.29, 1.82) is 0 Å². The summed E-state index contributed by atoms with van der Waals surface area (Å²) in [5.41, 5.74) is 5.55. The average molecular weight is 217 g/mol. The Morgan fingerprint density at radius 1 is 1.58 bits per heavy atom. The van der Waals surface area contributed by atoms with Gasteiger partial charge in [-0.3, -0.25) is 4.79 Å². The van der Waals surface area contributed by atoms with E-state index in [0.29, 0.717) is 13.0 Å². The molecule has 1 rings (SSSR count). The number of esters is 1. The number of methoxy groups -OCH3 is 1. The Balaban J connectivity index is 0. The van der Waals surface area contributed by atoms with Gasteiger partial charge in [0.25, 0.3) is 0 Å². The highest BCUT2D eigenvalue weighted by atomic mass is 35.5. The van der Waals surface area contributed by atoms with E-state index in [4.69, 9.17) is 5.73 Å². The average Bonchev–Trinajstić information content (AvgIpc) is 2.34. The molecule has 0 spiro atoms. The Morgan fingerprint density at radius 2 is 2.17 bits per heavy atom. The van der Waals surface area contributed by atoms with Gasteiger partial charge >= 0.3 is 5.97 Å². The van der Waals surface area contributed by atoms with E-state index in [9.17, 15) is 4.79 Å². The molecular weight excluding hydrogens is 203 g/mol. The minimum atomic E-state index is -0.215. The number of carbonyl (C=O) groups is 1. The van der Waals surface area contributed by atoms with Crippen molar-refractivity contribution < 1.29 is 9.53 Å². The molecule has 0 aliphatic carbocycles. The summed E-state index contributed by atoms with van der Waals surface area (Å²) in [5.74, 6) is -0.215. The number of ether oxygens (including phenoxy) is 1. The minimum absolute atomic E-state index is 0. The molecule has 3 N–H and O–H groups in total. The summed E-state index contributed by atoms with van der Waals surface area (Å²) >= 11 is 0. The normalized spacial score (nSPS) is 26.8. The fraction of sp³-hybridized carbons (Fsp3) is 0.833. The van der Waals surface area contributed by atoms with Gasteiger partial charge in [0, 0.05) is 12.6 Å². The zero-order valence-electron chi connectivity index (χ0n) is 6.78. The van der Waals surface area contributed by atoms with Crippen LogP contribution in [0, 0.1) is 0 Å². The number of hydrogen-bond donors (Lipinski definition) is 2. The predicted molar refractivity (Wildman–Crippen MR) is 50.9 cm³/mol. The van der Waals surface area contributed by atoms with Gasteiger partial charge in [-0.2, -0.15) is 0 Å². The first-order chi connectivity index (χ1) is 4.74. The molecule has 0 aromatic carbocycles. The lowest BCUT2D eigenvalue weighted by Crippen LogP contribution is -2.31. The molecule has 6 heteroatoms. The molecule has 0 radical (unpaired) electrons. The third-order valence-electron chi connectivity index (χ3n) is 1.65. The molecule has 2 atom stereocenters. The molecule has 1 fully saturated rings. The predicted octanol–water partition coefficient (Wildman–Crippen LogP) is -0.308. The maximum Gasteiger partial charge on any atom is 0.322 e.